The SMILES string of the molecule is CCCNc1ccc(C(=O)Nc2cc(Cl)cc(Cl)c2)nn1. The predicted molar refractivity (Wildman–Crippen MR) is 85.2 cm³/mol. The number of anilines is 2. The maximum absolute atomic E-state index is 12.0. The minimum Gasteiger partial charge on any atom is -0.369 e. The van der Waals surface area contributed by atoms with Gasteiger partial charge >= 0.3 is 0 Å². The monoisotopic (exact) mass is 324 g/mol. The van der Waals surface area contributed by atoms with Crippen molar-refractivity contribution in [3.8, 4) is 0 Å². The third kappa shape index (κ3) is 4.58. The summed E-state index contributed by atoms with van der Waals surface area (Å²) in [6.45, 7) is 2.86. The minimum atomic E-state index is -0.372. The Labute approximate surface area is 132 Å². The van der Waals surface area contributed by atoms with Crippen LogP contribution in [0.1, 0.15) is 23.8 Å². The van der Waals surface area contributed by atoms with Crippen LogP contribution in [-0.4, -0.2) is 22.6 Å². The molecule has 2 rings (SSSR count). The molecule has 110 valence electrons. The van der Waals surface area contributed by atoms with Crippen molar-refractivity contribution in [3.05, 3.63) is 46.1 Å². The van der Waals surface area contributed by atoms with Crippen molar-refractivity contribution in [3.63, 3.8) is 0 Å². The number of carbonyl (C=O) groups is 1. The Morgan fingerprint density at radius 1 is 1.14 bits per heavy atom. The van der Waals surface area contributed by atoms with Gasteiger partial charge in [-0.05, 0) is 36.8 Å². The Kier molecular flexibility index (Phi) is 5.36. The van der Waals surface area contributed by atoms with E-state index in [2.05, 4.69) is 27.8 Å². The zero-order valence-electron chi connectivity index (χ0n) is 11.4. The lowest BCUT2D eigenvalue weighted by molar-refractivity contribution is 0.102. The topological polar surface area (TPSA) is 66.9 Å². The second-order valence-corrected chi connectivity index (χ2v) is 5.22. The number of hydrogen-bond donors (Lipinski definition) is 2. The van der Waals surface area contributed by atoms with E-state index in [1.54, 1.807) is 30.3 Å². The van der Waals surface area contributed by atoms with E-state index in [0.717, 1.165) is 13.0 Å². The standard InChI is InChI=1S/C14H14Cl2N4O/c1-2-5-17-13-4-3-12(19-20-13)14(21)18-11-7-9(15)6-10(16)8-11/h3-4,6-8H,2,5H2,1H3,(H,17,20)(H,18,21). The molecule has 21 heavy (non-hydrogen) atoms. The molecule has 1 aromatic heterocycles. The highest BCUT2D eigenvalue weighted by atomic mass is 35.5. The molecule has 5 nitrogen and oxygen atoms in total. The average Bonchev–Trinajstić information content (AvgIpc) is 2.44. The van der Waals surface area contributed by atoms with Gasteiger partial charge in [0.1, 0.15) is 5.82 Å². The second kappa shape index (κ2) is 7.24. The summed E-state index contributed by atoms with van der Waals surface area (Å²) in [6.07, 6.45) is 0.986. The Morgan fingerprint density at radius 3 is 2.43 bits per heavy atom. The van der Waals surface area contributed by atoms with E-state index < -0.39 is 0 Å². The number of carbonyl (C=O) groups excluding carboxylic acids is 1. The van der Waals surface area contributed by atoms with E-state index in [4.69, 9.17) is 23.2 Å². The van der Waals surface area contributed by atoms with Gasteiger partial charge < -0.3 is 10.6 Å². The normalized spacial score (nSPS) is 10.2. The Bertz CT molecular complexity index is 611. The lowest BCUT2D eigenvalue weighted by atomic mass is 10.3. The quantitative estimate of drug-likeness (QED) is 0.876. The van der Waals surface area contributed by atoms with Crippen molar-refractivity contribution in [2.45, 2.75) is 13.3 Å². The molecule has 0 aliphatic rings. The number of hydrogen-bond acceptors (Lipinski definition) is 4. The van der Waals surface area contributed by atoms with Crippen LogP contribution in [0.5, 0.6) is 0 Å². The van der Waals surface area contributed by atoms with Crippen molar-refractivity contribution in [1.29, 1.82) is 0 Å². The van der Waals surface area contributed by atoms with Crippen molar-refractivity contribution >= 4 is 40.6 Å². The molecule has 7 heteroatoms. The van der Waals surface area contributed by atoms with Gasteiger partial charge in [-0.15, -0.1) is 10.2 Å². The summed E-state index contributed by atoms with van der Waals surface area (Å²) in [5.74, 6) is 0.266. The molecule has 1 aromatic carbocycles. The van der Waals surface area contributed by atoms with Gasteiger partial charge in [0.2, 0.25) is 0 Å². The Morgan fingerprint density at radius 2 is 1.86 bits per heavy atom. The van der Waals surface area contributed by atoms with Crippen LogP contribution in [0.4, 0.5) is 11.5 Å². The first-order valence-corrected chi connectivity index (χ1v) is 7.19. The Balaban J connectivity index is 2.06. The molecule has 0 unspecified atom stereocenters. The summed E-state index contributed by atoms with van der Waals surface area (Å²) >= 11 is 11.8. The zero-order valence-corrected chi connectivity index (χ0v) is 12.9. The van der Waals surface area contributed by atoms with Crippen LogP contribution in [-0.2, 0) is 0 Å². The number of nitrogens with zero attached hydrogens (tertiary/aromatic N) is 2. The number of rotatable bonds is 5. The highest BCUT2D eigenvalue weighted by Gasteiger charge is 2.09. The first kappa shape index (κ1) is 15.5. The van der Waals surface area contributed by atoms with Crippen molar-refractivity contribution in [1.82, 2.24) is 10.2 Å². The highest BCUT2D eigenvalue weighted by molar-refractivity contribution is 6.35. The molecule has 2 N–H and O–H groups in total. The van der Waals surface area contributed by atoms with Crippen LogP contribution < -0.4 is 10.6 Å². The first-order chi connectivity index (χ1) is 10.1. The van der Waals surface area contributed by atoms with E-state index in [9.17, 15) is 4.79 Å². The molecule has 0 aliphatic carbocycles. The molecule has 0 spiro atoms. The molecule has 1 heterocycles. The molecular formula is C14H14Cl2N4O. The Hall–Kier alpha value is -1.85. The van der Waals surface area contributed by atoms with E-state index >= 15 is 0 Å². The number of benzene rings is 1. The fourth-order valence-electron chi connectivity index (χ4n) is 1.62. The van der Waals surface area contributed by atoms with Gasteiger partial charge in [-0.25, -0.2) is 0 Å². The van der Waals surface area contributed by atoms with Crippen molar-refractivity contribution < 1.29 is 4.79 Å². The van der Waals surface area contributed by atoms with Gasteiger partial charge in [0.25, 0.3) is 5.91 Å². The van der Waals surface area contributed by atoms with E-state index in [1.165, 1.54) is 0 Å². The van der Waals surface area contributed by atoms with Crippen LogP contribution >= 0.6 is 23.2 Å². The van der Waals surface area contributed by atoms with Crippen molar-refractivity contribution in [2.24, 2.45) is 0 Å². The molecule has 0 fully saturated rings. The zero-order chi connectivity index (χ0) is 15.2. The number of nitrogens with one attached hydrogen (secondary N) is 2. The van der Waals surface area contributed by atoms with Gasteiger partial charge in [0.15, 0.2) is 5.69 Å². The molecule has 0 saturated heterocycles. The highest BCUT2D eigenvalue weighted by Crippen LogP contribution is 2.22. The predicted octanol–water partition coefficient (Wildman–Crippen LogP) is 3.86. The summed E-state index contributed by atoms with van der Waals surface area (Å²) in [5, 5.41) is 14.5. The average molecular weight is 325 g/mol. The minimum absolute atomic E-state index is 0.216. The molecule has 0 saturated carbocycles. The second-order valence-electron chi connectivity index (χ2n) is 4.34. The summed E-state index contributed by atoms with van der Waals surface area (Å²) in [5.41, 5.74) is 0.723. The molecule has 1 amide bonds. The van der Waals surface area contributed by atoms with Gasteiger partial charge in [-0.3, -0.25) is 4.79 Å². The van der Waals surface area contributed by atoms with Gasteiger partial charge in [-0.2, -0.15) is 0 Å². The van der Waals surface area contributed by atoms with Gasteiger partial charge in [0, 0.05) is 22.3 Å². The lowest BCUT2D eigenvalue weighted by Gasteiger charge is -2.06. The molecule has 0 aliphatic heterocycles. The number of halogens is 2. The molecule has 0 radical (unpaired) electrons. The fourth-order valence-corrected chi connectivity index (χ4v) is 2.15. The first-order valence-electron chi connectivity index (χ1n) is 6.43. The van der Waals surface area contributed by atoms with Crippen LogP contribution in [0.3, 0.4) is 0 Å². The van der Waals surface area contributed by atoms with Crippen LogP contribution in [0.25, 0.3) is 0 Å². The van der Waals surface area contributed by atoms with Gasteiger partial charge in [0.05, 0.1) is 0 Å². The maximum atomic E-state index is 12.0. The van der Waals surface area contributed by atoms with E-state index in [1.807, 2.05) is 0 Å². The van der Waals surface area contributed by atoms with Crippen LogP contribution in [0.2, 0.25) is 10.0 Å². The fraction of sp³-hybridized carbons (Fsp3) is 0.214. The van der Waals surface area contributed by atoms with Crippen LogP contribution in [0, 0.1) is 0 Å². The molecule has 2 aromatic rings. The number of aromatic nitrogens is 2. The third-order valence-electron chi connectivity index (χ3n) is 2.57. The third-order valence-corrected chi connectivity index (χ3v) is 3.01. The molecular weight excluding hydrogens is 311 g/mol. The smallest absolute Gasteiger partial charge is 0.276 e. The van der Waals surface area contributed by atoms with E-state index in [0.29, 0.717) is 21.6 Å². The van der Waals surface area contributed by atoms with Crippen LogP contribution in [0.15, 0.2) is 30.3 Å². The molecule has 0 atom stereocenters. The maximum Gasteiger partial charge on any atom is 0.276 e. The summed E-state index contributed by atoms with van der Waals surface area (Å²) in [7, 11) is 0. The number of amides is 1. The summed E-state index contributed by atoms with van der Waals surface area (Å²) in [6, 6.07) is 8.12. The van der Waals surface area contributed by atoms with Crippen molar-refractivity contribution in [2.75, 3.05) is 17.2 Å². The largest absolute Gasteiger partial charge is 0.369 e. The summed E-state index contributed by atoms with van der Waals surface area (Å²) < 4.78 is 0. The summed E-state index contributed by atoms with van der Waals surface area (Å²) in [4.78, 5) is 12.0. The van der Waals surface area contributed by atoms with E-state index in [-0.39, 0.29) is 11.6 Å². The lowest BCUT2D eigenvalue weighted by Crippen LogP contribution is -2.15. The van der Waals surface area contributed by atoms with Gasteiger partial charge in [-0.1, -0.05) is 30.1 Å². The molecule has 0 bridgehead atoms.